The standard InChI is InChI=1S/C34H50F3N5O7/c1-19-14-23-29(39-12-13-42(5)6)25(43)17-24(30(23)44)41-32(45)20(2)10-9-11-26(47-7)31(49-33(38)46)22(4)16-21(3)28(27(15-19)48-8)40-18-34(35,36)37/h9-12,16-17,19,21,26-28,31,40,43-44H,13-15,18H2,1-8H3,(H2,38,46)(H,41,45)/b11-9-,20-10+,22-16+,39-12?/t19-,21+,26+,27+,28-,31+/m1/s1. The first-order chi connectivity index (χ1) is 22.9. The highest BCUT2D eigenvalue weighted by Gasteiger charge is 2.35. The van der Waals surface area contributed by atoms with E-state index in [9.17, 15) is 33.0 Å². The Morgan fingerprint density at radius 2 is 1.88 bits per heavy atom. The fraction of sp³-hybridized carbons (Fsp3) is 0.559. The van der Waals surface area contributed by atoms with Crippen molar-refractivity contribution in [1.82, 2.24) is 10.2 Å². The number of phenolic OH excluding ortho intramolecular Hbond substituents is 2. The molecule has 6 N–H and O–H groups in total. The van der Waals surface area contributed by atoms with E-state index in [1.807, 2.05) is 25.9 Å². The Bertz CT molecular complexity index is 1410. The van der Waals surface area contributed by atoms with Gasteiger partial charge in [-0.15, -0.1) is 0 Å². The minimum absolute atomic E-state index is 0.0583. The Hall–Kier alpha value is -3.92. The number of nitrogens with two attached hydrogens (primary N) is 1. The Kier molecular flexibility index (Phi) is 15.8. The molecule has 0 radical (unpaired) electrons. The highest BCUT2D eigenvalue weighted by Crippen LogP contribution is 2.44. The van der Waals surface area contributed by atoms with Gasteiger partial charge in [-0.1, -0.05) is 38.2 Å². The summed E-state index contributed by atoms with van der Waals surface area (Å²) in [5.74, 6) is -2.12. The number of nitrogens with zero attached hydrogens (tertiary/aromatic N) is 2. The summed E-state index contributed by atoms with van der Waals surface area (Å²) in [6, 6.07) is 0.320. The summed E-state index contributed by atoms with van der Waals surface area (Å²) < 4.78 is 57.2. The summed E-state index contributed by atoms with van der Waals surface area (Å²) in [6.07, 6.45) is -0.253. The Labute approximate surface area is 285 Å². The van der Waals surface area contributed by atoms with Gasteiger partial charge in [0.15, 0.2) is 6.10 Å². The van der Waals surface area contributed by atoms with Crippen molar-refractivity contribution < 1.29 is 47.2 Å². The number of aliphatic imine (C=N–C) groups is 1. The number of fused-ring (bicyclic) bond motifs is 2. The van der Waals surface area contributed by atoms with E-state index in [-0.39, 0.29) is 52.8 Å². The monoisotopic (exact) mass is 697 g/mol. The third-order valence-electron chi connectivity index (χ3n) is 8.05. The number of alkyl halides is 3. The van der Waals surface area contributed by atoms with Gasteiger partial charge in [-0.25, -0.2) is 4.79 Å². The van der Waals surface area contributed by atoms with Crippen molar-refractivity contribution in [2.45, 2.75) is 71.1 Å². The number of anilines is 1. The molecule has 1 heterocycles. The van der Waals surface area contributed by atoms with E-state index < -0.39 is 55.0 Å². The summed E-state index contributed by atoms with van der Waals surface area (Å²) in [4.78, 5) is 31.3. The van der Waals surface area contributed by atoms with Gasteiger partial charge < -0.3 is 45.7 Å². The van der Waals surface area contributed by atoms with Crippen molar-refractivity contribution in [3.63, 3.8) is 0 Å². The second-order valence-corrected chi connectivity index (χ2v) is 12.6. The molecule has 1 aromatic carbocycles. The number of benzene rings is 1. The lowest BCUT2D eigenvalue weighted by Crippen LogP contribution is -2.49. The second-order valence-electron chi connectivity index (χ2n) is 12.6. The highest BCUT2D eigenvalue weighted by atomic mass is 19.4. The minimum Gasteiger partial charge on any atom is -0.506 e. The van der Waals surface area contributed by atoms with Crippen LogP contribution >= 0.6 is 0 Å². The van der Waals surface area contributed by atoms with Gasteiger partial charge in [0, 0.05) is 50.2 Å². The van der Waals surface area contributed by atoms with Gasteiger partial charge in [-0.2, -0.15) is 13.2 Å². The van der Waals surface area contributed by atoms with Gasteiger partial charge in [-0.05, 0) is 58.2 Å². The zero-order valence-electron chi connectivity index (χ0n) is 29.3. The zero-order chi connectivity index (χ0) is 37.1. The third kappa shape index (κ3) is 12.8. The number of amides is 2. The number of primary amides is 1. The summed E-state index contributed by atoms with van der Waals surface area (Å²) in [6.45, 7) is 5.86. The molecular weight excluding hydrogens is 647 g/mol. The Balaban J connectivity index is 2.79. The smallest absolute Gasteiger partial charge is 0.405 e. The van der Waals surface area contributed by atoms with E-state index in [1.165, 1.54) is 45.4 Å². The van der Waals surface area contributed by atoms with Gasteiger partial charge in [0.05, 0.1) is 18.3 Å². The number of halogens is 3. The lowest BCUT2D eigenvalue weighted by atomic mass is 9.86. The van der Waals surface area contributed by atoms with E-state index in [0.717, 1.165) is 0 Å². The van der Waals surface area contributed by atoms with Crippen LogP contribution in [0, 0.1) is 11.8 Å². The summed E-state index contributed by atoms with van der Waals surface area (Å²) in [5.41, 5.74) is 6.33. The Morgan fingerprint density at radius 3 is 2.45 bits per heavy atom. The van der Waals surface area contributed by atoms with Crippen LogP contribution in [-0.2, 0) is 25.4 Å². The number of hydrogen-bond donors (Lipinski definition) is 5. The SMILES string of the molecule is CO[C@H]1/C=C\C=C(/C)C(=O)Nc2cc(O)c(N=CCN(C)C)c(c2O)C[C@@H](C)C[C@H](OC)[C@H](NCC(F)(F)F)[C@@H](C)/C=C(\C)[C@@H]1OC(N)=O. The molecule has 1 aromatic rings. The number of ether oxygens (including phenoxy) is 3. The maximum atomic E-state index is 13.5. The number of phenols is 2. The van der Waals surface area contributed by atoms with Crippen molar-refractivity contribution in [3.05, 3.63) is 47.1 Å². The van der Waals surface area contributed by atoms with Crippen molar-refractivity contribution in [1.29, 1.82) is 0 Å². The van der Waals surface area contributed by atoms with E-state index in [1.54, 1.807) is 26.1 Å². The molecular formula is C34H50F3N5O7. The van der Waals surface area contributed by atoms with Gasteiger partial charge >= 0.3 is 12.3 Å². The summed E-state index contributed by atoms with van der Waals surface area (Å²) in [5, 5.41) is 27.7. The molecule has 12 nitrogen and oxygen atoms in total. The minimum atomic E-state index is -4.52. The van der Waals surface area contributed by atoms with E-state index in [0.29, 0.717) is 12.1 Å². The molecule has 0 aliphatic carbocycles. The van der Waals surface area contributed by atoms with Crippen LogP contribution < -0.4 is 16.4 Å². The molecule has 1 aliphatic heterocycles. The van der Waals surface area contributed by atoms with Gasteiger partial charge in [0.1, 0.15) is 23.3 Å². The largest absolute Gasteiger partial charge is 0.506 e. The maximum absolute atomic E-state index is 13.5. The van der Waals surface area contributed by atoms with Gasteiger partial charge in [-0.3, -0.25) is 9.79 Å². The van der Waals surface area contributed by atoms with Gasteiger partial charge in [0.2, 0.25) is 0 Å². The van der Waals surface area contributed by atoms with E-state index in [4.69, 9.17) is 19.9 Å². The van der Waals surface area contributed by atoms with E-state index in [2.05, 4.69) is 15.6 Å². The molecule has 0 fully saturated rings. The first-order valence-corrected chi connectivity index (χ1v) is 15.8. The predicted octanol–water partition coefficient (Wildman–Crippen LogP) is 4.98. The number of hydrogen-bond acceptors (Lipinski definition) is 10. The van der Waals surface area contributed by atoms with Crippen LogP contribution in [0.15, 0.2) is 46.5 Å². The van der Waals surface area contributed by atoms with Crippen molar-refractivity contribution in [2.75, 3.05) is 46.7 Å². The molecule has 2 rings (SSSR count). The zero-order valence-corrected chi connectivity index (χ0v) is 29.3. The third-order valence-corrected chi connectivity index (χ3v) is 8.05. The highest BCUT2D eigenvalue weighted by molar-refractivity contribution is 6.04. The molecule has 6 atom stereocenters. The molecule has 0 saturated carbocycles. The van der Waals surface area contributed by atoms with Crippen molar-refractivity contribution in [3.8, 4) is 11.5 Å². The molecule has 0 aromatic heterocycles. The molecule has 15 heteroatoms. The van der Waals surface area contributed by atoms with Crippen molar-refractivity contribution >= 4 is 29.6 Å². The molecule has 2 bridgehead atoms. The van der Waals surface area contributed by atoms with Crippen LogP contribution in [0.4, 0.5) is 29.3 Å². The van der Waals surface area contributed by atoms with Crippen LogP contribution in [0.1, 0.15) is 39.7 Å². The molecule has 0 saturated heterocycles. The Morgan fingerprint density at radius 1 is 1.20 bits per heavy atom. The quantitative estimate of drug-likeness (QED) is 0.109. The van der Waals surface area contributed by atoms with Gasteiger partial charge in [0.25, 0.3) is 5.91 Å². The molecule has 274 valence electrons. The maximum Gasteiger partial charge on any atom is 0.405 e. The number of allylic oxidation sites excluding steroid dienone is 2. The average Bonchev–Trinajstić information content (AvgIpc) is 3.00. The molecule has 2 amide bonds. The topological polar surface area (TPSA) is 168 Å². The van der Waals surface area contributed by atoms with Crippen LogP contribution in [0.25, 0.3) is 0 Å². The first kappa shape index (κ1) is 41.3. The molecule has 1 aliphatic rings. The van der Waals surface area contributed by atoms with Crippen molar-refractivity contribution in [2.24, 2.45) is 22.6 Å². The average molecular weight is 698 g/mol. The first-order valence-electron chi connectivity index (χ1n) is 15.8. The van der Waals surface area contributed by atoms with Crippen LogP contribution in [0.2, 0.25) is 0 Å². The number of rotatable bonds is 8. The summed E-state index contributed by atoms with van der Waals surface area (Å²) in [7, 11) is 6.44. The molecule has 49 heavy (non-hydrogen) atoms. The lowest BCUT2D eigenvalue weighted by molar-refractivity contribution is -0.129. The number of nitrogens with one attached hydrogen (secondary N) is 2. The fourth-order valence-electron chi connectivity index (χ4n) is 5.60. The normalized spacial score (nSPS) is 27.6. The predicted molar refractivity (Wildman–Crippen MR) is 182 cm³/mol. The number of carbonyl (C=O) groups excluding carboxylic acids is 2. The molecule has 0 unspecified atom stereocenters. The van der Waals surface area contributed by atoms with Crippen LogP contribution in [0.3, 0.4) is 0 Å². The number of methoxy groups -OCH3 is 2. The fourth-order valence-corrected chi connectivity index (χ4v) is 5.60. The summed E-state index contributed by atoms with van der Waals surface area (Å²) >= 11 is 0. The number of aromatic hydroxyl groups is 2. The second kappa shape index (κ2) is 18.7. The van der Waals surface area contributed by atoms with E-state index >= 15 is 0 Å². The van der Waals surface area contributed by atoms with Crippen LogP contribution in [0.5, 0.6) is 11.5 Å². The van der Waals surface area contributed by atoms with Crippen LogP contribution in [-0.4, -0.2) is 105 Å². The lowest BCUT2D eigenvalue weighted by Gasteiger charge is -2.34. The number of carbonyl (C=O) groups is 2. The molecule has 0 spiro atoms.